The number of fused-ring (bicyclic) bond motifs is 1. The summed E-state index contributed by atoms with van der Waals surface area (Å²) in [7, 11) is -1.97. The fourth-order valence-electron chi connectivity index (χ4n) is 3.97. The summed E-state index contributed by atoms with van der Waals surface area (Å²) in [6, 6.07) is 16.9. The van der Waals surface area contributed by atoms with Gasteiger partial charge in [-0.3, -0.25) is 9.78 Å². The molecule has 3 aromatic rings. The molecule has 1 fully saturated rings. The molecule has 0 spiro atoms. The van der Waals surface area contributed by atoms with Gasteiger partial charge in [0.15, 0.2) is 0 Å². The minimum Gasteiger partial charge on any atom is -0.343 e. The summed E-state index contributed by atoms with van der Waals surface area (Å²) in [5.74, 6) is 0.209. The summed E-state index contributed by atoms with van der Waals surface area (Å²) in [6.45, 7) is 3.27. The molecule has 0 aliphatic carbocycles. The molecule has 0 bridgehead atoms. The van der Waals surface area contributed by atoms with Crippen LogP contribution in [0.1, 0.15) is 13.3 Å². The number of carbonyl (C=O) groups is 1. The smallest absolute Gasteiger partial charge is 0.242 e. The molecule has 1 aromatic heterocycles. The molecule has 4 rings (SSSR count). The van der Waals surface area contributed by atoms with Crippen molar-refractivity contribution >= 4 is 26.8 Å². The first-order valence-corrected chi connectivity index (χ1v) is 11.5. The first-order valence-electron chi connectivity index (χ1n) is 10.0. The Labute approximate surface area is 177 Å². The van der Waals surface area contributed by atoms with Crippen LogP contribution in [0.15, 0.2) is 65.7 Å². The molecule has 0 N–H and O–H groups in total. The molecule has 2 heterocycles. The first kappa shape index (κ1) is 20.5. The van der Waals surface area contributed by atoms with Crippen molar-refractivity contribution in [3.05, 3.63) is 60.8 Å². The Balaban J connectivity index is 1.50. The van der Waals surface area contributed by atoms with E-state index in [0.29, 0.717) is 19.6 Å². The van der Waals surface area contributed by atoms with Gasteiger partial charge in [-0.25, -0.2) is 12.7 Å². The molecule has 1 saturated heterocycles. The third-order valence-electron chi connectivity index (χ3n) is 5.75. The van der Waals surface area contributed by atoms with Crippen molar-refractivity contribution in [3.8, 4) is 11.1 Å². The zero-order chi connectivity index (χ0) is 21.3. The van der Waals surface area contributed by atoms with E-state index in [0.717, 1.165) is 28.5 Å². The van der Waals surface area contributed by atoms with Crippen molar-refractivity contribution in [1.29, 1.82) is 0 Å². The molecular formula is C23H25N3O3S. The zero-order valence-electron chi connectivity index (χ0n) is 17.2. The molecule has 0 saturated carbocycles. The lowest BCUT2D eigenvalue weighted by Gasteiger charge is -2.21. The van der Waals surface area contributed by atoms with Gasteiger partial charge in [-0.15, -0.1) is 0 Å². The number of hydrogen-bond donors (Lipinski definition) is 0. The number of nitrogens with zero attached hydrogens (tertiary/aromatic N) is 3. The van der Waals surface area contributed by atoms with E-state index in [9.17, 15) is 13.2 Å². The monoisotopic (exact) mass is 423 g/mol. The Kier molecular flexibility index (Phi) is 5.58. The van der Waals surface area contributed by atoms with Crippen molar-refractivity contribution in [1.82, 2.24) is 14.2 Å². The fourth-order valence-corrected chi connectivity index (χ4v) is 5.22. The molecule has 1 aliphatic heterocycles. The number of likely N-dealkylation sites (tertiary alicyclic amines) is 1. The Morgan fingerprint density at radius 1 is 1.13 bits per heavy atom. The van der Waals surface area contributed by atoms with Gasteiger partial charge in [0.1, 0.15) is 0 Å². The van der Waals surface area contributed by atoms with Crippen molar-refractivity contribution < 1.29 is 13.2 Å². The molecule has 0 radical (unpaired) electrons. The van der Waals surface area contributed by atoms with E-state index in [-0.39, 0.29) is 16.7 Å². The molecule has 1 amide bonds. The van der Waals surface area contributed by atoms with E-state index in [2.05, 4.69) is 4.98 Å². The Morgan fingerprint density at radius 2 is 1.87 bits per heavy atom. The highest BCUT2D eigenvalue weighted by Crippen LogP contribution is 2.26. The summed E-state index contributed by atoms with van der Waals surface area (Å²) in [5.41, 5.74) is 2.84. The summed E-state index contributed by atoms with van der Waals surface area (Å²) >= 11 is 0. The molecule has 7 heteroatoms. The van der Waals surface area contributed by atoms with Crippen LogP contribution in [-0.4, -0.2) is 55.2 Å². The first-order chi connectivity index (χ1) is 14.3. The normalized spacial score (nSPS) is 17.0. The fraction of sp³-hybridized carbons (Fsp3) is 0.304. The van der Waals surface area contributed by atoms with E-state index in [4.69, 9.17) is 0 Å². The summed E-state index contributed by atoms with van der Waals surface area (Å²) in [4.78, 5) is 17.9. The summed E-state index contributed by atoms with van der Waals surface area (Å²) in [5, 5.41) is 1.07. The number of benzene rings is 2. The number of pyridine rings is 1. The van der Waals surface area contributed by atoms with Gasteiger partial charge in [0.25, 0.3) is 0 Å². The van der Waals surface area contributed by atoms with Crippen LogP contribution >= 0.6 is 0 Å². The molecule has 1 aliphatic rings. The number of rotatable bonds is 5. The zero-order valence-corrected chi connectivity index (χ0v) is 18.0. The molecule has 0 unspecified atom stereocenters. The van der Waals surface area contributed by atoms with Crippen LogP contribution in [-0.2, 0) is 14.8 Å². The second-order valence-corrected chi connectivity index (χ2v) is 9.89. The van der Waals surface area contributed by atoms with Gasteiger partial charge >= 0.3 is 0 Å². The highest BCUT2D eigenvalue weighted by molar-refractivity contribution is 7.89. The van der Waals surface area contributed by atoms with Crippen LogP contribution in [0.4, 0.5) is 0 Å². The second kappa shape index (κ2) is 8.16. The van der Waals surface area contributed by atoms with Gasteiger partial charge in [-0.05, 0) is 47.7 Å². The average molecular weight is 424 g/mol. The van der Waals surface area contributed by atoms with Gasteiger partial charge in [0.2, 0.25) is 15.9 Å². The highest BCUT2D eigenvalue weighted by atomic mass is 32.2. The summed E-state index contributed by atoms with van der Waals surface area (Å²) in [6.07, 6.45) is 2.59. The van der Waals surface area contributed by atoms with E-state index in [1.165, 1.54) is 4.31 Å². The predicted molar refractivity (Wildman–Crippen MR) is 117 cm³/mol. The van der Waals surface area contributed by atoms with Crippen LogP contribution in [0.3, 0.4) is 0 Å². The maximum absolute atomic E-state index is 13.0. The number of sulfonamides is 1. The van der Waals surface area contributed by atoms with Gasteiger partial charge in [-0.2, -0.15) is 0 Å². The molecule has 156 valence electrons. The quantitative estimate of drug-likeness (QED) is 0.631. The van der Waals surface area contributed by atoms with Crippen molar-refractivity contribution in [2.75, 3.05) is 26.7 Å². The van der Waals surface area contributed by atoms with Gasteiger partial charge in [0.05, 0.1) is 10.4 Å². The summed E-state index contributed by atoms with van der Waals surface area (Å²) < 4.78 is 27.4. The number of hydrogen-bond acceptors (Lipinski definition) is 4. The molecule has 6 nitrogen and oxygen atoms in total. The average Bonchev–Trinajstić information content (AvgIpc) is 3.22. The Hall–Kier alpha value is -2.77. The topological polar surface area (TPSA) is 70.6 Å². The number of amides is 1. The van der Waals surface area contributed by atoms with E-state index in [1.54, 1.807) is 37.2 Å². The third-order valence-corrected chi connectivity index (χ3v) is 7.59. The van der Waals surface area contributed by atoms with Crippen LogP contribution in [0, 0.1) is 5.92 Å². The van der Waals surface area contributed by atoms with Crippen molar-refractivity contribution in [2.24, 2.45) is 5.92 Å². The Bertz CT molecular complexity index is 1180. The molecule has 1 atom stereocenters. The van der Waals surface area contributed by atoms with Gasteiger partial charge in [-0.1, -0.05) is 30.3 Å². The van der Waals surface area contributed by atoms with E-state index in [1.807, 2.05) is 42.5 Å². The number of aromatic nitrogens is 1. The van der Waals surface area contributed by atoms with Gasteiger partial charge < -0.3 is 4.90 Å². The molecular weight excluding hydrogens is 398 g/mol. The van der Waals surface area contributed by atoms with Crippen LogP contribution in [0.25, 0.3) is 22.0 Å². The minimum atomic E-state index is -3.58. The highest BCUT2D eigenvalue weighted by Gasteiger charge is 2.29. The number of carbonyl (C=O) groups excluding carboxylic acids is 1. The van der Waals surface area contributed by atoms with Crippen LogP contribution < -0.4 is 0 Å². The van der Waals surface area contributed by atoms with Crippen molar-refractivity contribution in [2.45, 2.75) is 18.2 Å². The lowest BCUT2D eigenvalue weighted by atomic mass is 10.0. The third kappa shape index (κ3) is 4.08. The van der Waals surface area contributed by atoms with Crippen LogP contribution in [0.2, 0.25) is 0 Å². The van der Waals surface area contributed by atoms with Gasteiger partial charge in [0, 0.05) is 45.2 Å². The largest absolute Gasteiger partial charge is 0.343 e. The molecule has 2 aromatic carbocycles. The standard InChI is InChI=1S/C23H25N3O3S/c1-17(27)26-13-11-18(16-26)15-25(2)30(28,29)22-9-7-19(8-10-22)21-6-5-20-4-3-12-24-23(20)14-21/h3-10,12,14,18H,11,13,15-16H2,1-2H3/t18-/m1/s1. The molecule has 30 heavy (non-hydrogen) atoms. The van der Waals surface area contributed by atoms with E-state index >= 15 is 0 Å². The maximum Gasteiger partial charge on any atom is 0.242 e. The predicted octanol–water partition coefficient (Wildman–Crippen LogP) is 3.39. The van der Waals surface area contributed by atoms with E-state index < -0.39 is 10.0 Å². The van der Waals surface area contributed by atoms with Crippen molar-refractivity contribution in [3.63, 3.8) is 0 Å². The van der Waals surface area contributed by atoms with Crippen LogP contribution in [0.5, 0.6) is 0 Å². The lowest BCUT2D eigenvalue weighted by molar-refractivity contribution is -0.127. The minimum absolute atomic E-state index is 0.0440. The maximum atomic E-state index is 13.0. The lowest BCUT2D eigenvalue weighted by Crippen LogP contribution is -2.34. The Morgan fingerprint density at radius 3 is 2.57 bits per heavy atom. The SMILES string of the molecule is CC(=O)N1CC[C@H](CN(C)S(=O)(=O)c2ccc(-c3ccc4cccnc4c3)cc2)C1. The second-order valence-electron chi connectivity index (χ2n) is 7.84.